The highest BCUT2D eigenvalue weighted by molar-refractivity contribution is 5.75. The van der Waals surface area contributed by atoms with Gasteiger partial charge in [-0.1, -0.05) is 0 Å². The van der Waals surface area contributed by atoms with Gasteiger partial charge in [-0.15, -0.1) is 0 Å². The Bertz CT molecular complexity index is 465. The van der Waals surface area contributed by atoms with Crippen LogP contribution in [-0.4, -0.2) is 15.5 Å². The summed E-state index contributed by atoms with van der Waals surface area (Å²) in [6.45, 7) is 1.46. The molecule has 1 amide bonds. The Morgan fingerprint density at radius 3 is 2.67 bits per heavy atom. The van der Waals surface area contributed by atoms with E-state index in [1.54, 1.807) is 12.4 Å². The van der Waals surface area contributed by atoms with E-state index in [2.05, 4.69) is 14.9 Å². The van der Waals surface area contributed by atoms with Gasteiger partial charge in [0.2, 0.25) is 5.91 Å². The van der Waals surface area contributed by atoms with Gasteiger partial charge in [-0.2, -0.15) is 0 Å². The monoisotopic (exact) mass is 243 g/mol. The Morgan fingerprint density at radius 2 is 1.94 bits per heavy atom. The van der Waals surface area contributed by atoms with E-state index in [4.69, 9.17) is 0 Å². The van der Waals surface area contributed by atoms with E-state index in [9.17, 15) is 4.79 Å². The average molecular weight is 243 g/mol. The zero-order valence-electron chi connectivity index (χ0n) is 10.2. The Kier molecular flexibility index (Phi) is 4.53. The smallest absolute Gasteiger partial charge is 0.220 e. The van der Waals surface area contributed by atoms with Crippen LogP contribution in [0.5, 0.6) is 0 Å². The summed E-state index contributed by atoms with van der Waals surface area (Å²) < 4.78 is 2.08. The Balaban J connectivity index is 1.63. The molecule has 0 saturated heterocycles. The molecule has 2 aromatic rings. The fraction of sp³-hybridized carbons (Fsp3) is 0.286. The fourth-order valence-electron chi connectivity index (χ4n) is 1.73. The molecular weight excluding hydrogens is 226 g/mol. The van der Waals surface area contributed by atoms with Crippen LogP contribution in [0.15, 0.2) is 49.1 Å². The largest absolute Gasteiger partial charge is 0.354 e. The van der Waals surface area contributed by atoms with Crippen LogP contribution in [0.3, 0.4) is 0 Å². The van der Waals surface area contributed by atoms with Gasteiger partial charge >= 0.3 is 0 Å². The molecule has 94 valence electrons. The number of hydrogen-bond donors (Lipinski definition) is 1. The Hall–Kier alpha value is -2.10. The number of nitrogens with one attached hydrogen (secondary N) is 1. The normalized spacial score (nSPS) is 10.2. The number of nitrogens with zero attached hydrogens (tertiary/aromatic N) is 2. The molecule has 1 N–H and O–H groups in total. The number of hydrogen-bond acceptors (Lipinski definition) is 2. The first-order valence-electron chi connectivity index (χ1n) is 6.11. The van der Waals surface area contributed by atoms with Gasteiger partial charge in [0.15, 0.2) is 0 Å². The van der Waals surface area contributed by atoms with Crippen LogP contribution < -0.4 is 5.32 Å². The minimum absolute atomic E-state index is 0.0963. The zero-order valence-corrected chi connectivity index (χ0v) is 10.2. The van der Waals surface area contributed by atoms with Crippen LogP contribution in [0.1, 0.15) is 18.4 Å². The average Bonchev–Trinajstić information content (AvgIpc) is 2.91. The molecule has 0 radical (unpaired) electrons. The number of carbonyl (C=O) groups excluding carboxylic acids is 1. The molecule has 2 heterocycles. The van der Waals surface area contributed by atoms with Crippen molar-refractivity contribution in [1.82, 2.24) is 14.9 Å². The van der Waals surface area contributed by atoms with E-state index in [1.165, 1.54) is 0 Å². The molecular formula is C14H17N3O. The SMILES string of the molecule is O=C(CCCn1cccc1)NCc1ccncc1. The van der Waals surface area contributed by atoms with Gasteiger partial charge in [-0.25, -0.2) is 0 Å². The number of pyridine rings is 1. The predicted molar refractivity (Wildman–Crippen MR) is 69.7 cm³/mol. The van der Waals surface area contributed by atoms with Crippen LogP contribution in [0, 0.1) is 0 Å². The minimum Gasteiger partial charge on any atom is -0.354 e. The molecule has 0 aliphatic heterocycles. The highest BCUT2D eigenvalue weighted by atomic mass is 16.1. The molecule has 0 aliphatic rings. The number of carbonyl (C=O) groups is 1. The lowest BCUT2D eigenvalue weighted by Crippen LogP contribution is -2.22. The van der Waals surface area contributed by atoms with Crippen LogP contribution >= 0.6 is 0 Å². The van der Waals surface area contributed by atoms with Crippen LogP contribution in [0.4, 0.5) is 0 Å². The maximum absolute atomic E-state index is 11.6. The van der Waals surface area contributed by atoms with Crippen LogP contribution in [0.2, 0.25) is 0 Å². The third kappa shape index (κ3) is 4.05. The summed E-state index contributed by atoms with van der Waals surface area (Å²) in [5, 5.41) is 2.90. The number of amides is 1. The molecule has 4 heteroatoms. The summed E-state index contributed by atoms with van der Waals surface area (Å²) in [6, 6.07) is 7.78. The molecule has 4 nitrogen and oxygen atoms in total. The summed E-state index contributed by atoms with van der Waals surface area (Å²) in [5.74, 6) is 0.0963. The first-order valence-corrected chi connectivity index (χ1v) is 6.11. The summed E-state index contributed by atoms with van der Waals surface area (Å²) in [5.41, 5.74) is 1.07. The summed E-state index contributed by atoms with van der Waals surface area (Å²) in [7, 11) is 0. The molecule has 2 rings (SSSR count). The van der Waals surface area contributed by atoms with Crippen LogP contribution in [0.25, 0.3) is 0 Å². The predicted octanol–water partition coefficient (Wildman–Crippen LogP) is 1.98. The van der Waals surface area contributed by atoms with E-state index in [-0.39, 0.29) is 5.91 Å². The molecule has 0 fully saturated rings. The second-order valence-electron chi connectivity index (χ2n) is 4.16. The standard InChI is InChI=1S/C14H17N3O/c18-14(4-3-11-17-9-1-2-10-17)16-12-13-5-7-15-8-6-13/h1-2,5-10H,3-4,11-12H2,(H,16,18). The van der Waals surface area contributed by atoms with E-state index in [0.717, 1.165) is 18.5 Å². The van der Waals surface area contributed by atoms with Gasteiger partial charge in [0.1, 0.15) is 0 Å². The van der Waals surface area contributed by atoms with Crippen molar-refractivity contribution in [2.24, 2.45) is 0 Å². The summed E-state index contributed by atoms with van der Waals surface area (Å²) in [6.07, 6.45) is 8.89. The van der Waals surface area contributed by atoms with Crippen molar-refractivity contribution < 1.29 is 4.79 Å². The quantitative estimate of drug-likeness (QED) is 0.843. The fourth-order valence-corrected chi connectivity index (χ4v) is 1.73. The van der Waals surface area contributed by atoms with Gasteiger partial charge in [0, 0.05) is 44.3 Å². The van der Waals surface area contributed by atoms with Crippen molar-refractivity contribution in [3.63, 3.8) is 0 Å². The van der Waals surface area contributed by atoms with Gasteiger partial charge in [0.25, 0.3) is 0 Å². The number of aromatic nitrogens is 2. The summed E-state index contributed by atoms with van der Waals surface area (Å²) >= 11 is 0. The lowest BCUT2D eigenvalue weighted by molar-refractivity contribution is -0.121. The third-order valence-electron chi connectivity index (χ3n) is 2.73. The van der Waals surface area contributed by atoms with Crippen LogP contribution in [-0.2, 0) is 17.9 Å². The Labute approximate surface area is 107 Å². The van der Waals surface area contributed by atoms with Crippen molar-refractivity contribution in [3.05, 3.63) is 54.6 Å². The molecule has 0 unspecified atom stereocenters. The van der Waals surface area contributed by atoms with E-state index in [1.807, 2.05) is 36.7 Å². The van der Waals surface area contributed by atoms with E-state index >= 15 is 0 Å². The maximum atomic E-state index is 11.6. The molecule has 0 atom stereocenters. The number of rotatable bonds is 6. The second kappa shape index (κ2) is 6.59. The van der Waals surface area contributed by atoms with Gasteiger partial charge in [-0.05, 0) is 36.2 Å². The topological polar surface area (TPSA) is 46.9 Å². The van der Waals surface area contributed by atoms with Crippen molar-refractivity contribution >= 4 is 5.91 Å². The maximum Gasteiger partial charge on any atom is 0.220 e. The molecule has 0 spiro atoms. The molecule has 2 aromatic heterocycles. The molecule has 0 aliphatic carbocycles. The highest BCUT2D eigenvalue weighted by Gasteiger charge is 2.01. The lowest BCUT2D eigenvalue weighted by atomic mass is 10.2. The third-order valence-corrected chi connectivity index (χ3v) is 2.73. The molecule has 18 heavy (non-hydrogen) atoms. The van der Waals surface area contributed by atoms with Gasteiger partial charge in [-0.3, -0.25) is 9.78 Å². The summed E-state index contributed by atoms with van der Waals surface area (Å²) in [4.78, 5) is 15.5. The van der Waals surface area contributed by atoms with Crippen molar-refractivity contribution in [1.29, 1.82) is 0 Å². The van der Waals surface area contributed by atoms with Gasteiger partial charge in [0.05, 0.1) is 0 Å². The van der Waals surface area contributed by atoms with Crippen molar-refractivity contribution in [2.75, 3.05) is 0 Å². The number of aryl methyl sites for hydroxylation is 1. The van der Waals surface area contributed by atoms with Crippen molar-refractivity contribution in [3.8, 4) is 0 Å². The lowest BCUT2D eigenvalue weighted by Gasteiger charge is -2.05. The van der Waals surface area contributed by atoms with Gasteiger partial charge < -0.3 is 9.88 Å². The highest BCUT2D eigenvalue weighted by Crippen LogP contribution is 1.99. The molecule has 0 aromatic carbocycles. The second-order valence-corrected chi connectivity index (χ2v) is 4.16. The first kappa shape index (κ1) is 12.4. The zero-order chi connectivity index (χ0) is 12.6. The first-order chi connectivity index (χ1) is 8.84. The Morgan fingerprint density at radius 1 is 1.22 bits per heavy atom. The molecule has 0 saturated carbocycles. The van der Waals surface area contributed by atoms with E-state index < -0.39 is 0 Å². The van der Waals surface area contributed by atoms with Crippen molar-refractivity contribution in [2.45, 2.75) is 25.9 Å². The molecule has 0 bridgehead atoms. The minimum atomic E-state index is 0.0963. The van der Waals surface area contributed by atoms with E-state index in [0.29, 0.717) is 13.0 Å².